The number of aliphatic hydroxyl groups is 1. The number of hydrogen-bond acceptors (Lipinski definition) is 5. The summed E-state index contributed by atoms with van der Waals surface area (Å²) >= 11 is 0. The zero-order valence-electron chi connectivity index (χ0n) is 35.9. The normalized spacial score (nSPS) is 12.6. The van der Waals surface area contributed by atoms with Crippen LogP contribution in [0.15, 0.2) is 81.5 Å². The van der Waals surface area contributed by atoms with Crippen molar-refractivity contribution < 1.29 is 38.8 Å². The molecular formula is C50H62IrNO4-. The van der Waals surface area contributed by atoms with Crippen LogP contribution in [0.5, 0.6) is 0 Å². The Labute approximate surface area is 348 Å². The number of rotatable bonds is 11. The molecule has 1 radical (unpaired) electrons. The second-order valence-corrected chi connectivity index (χ2v) is 17.4. The smallest absolute Gasteiger partial charge is 0.164 e. The predicted octanol–water partition coefficient (Wildman–Crippen LogP) is 14.6. The summed E-state index contributed by atoms with van der Waals surface area (Å²) in [6.45, 7) is 27.5. The minimum Gasteiger partial charge on any atom is -0.512 e. The van der Waals surface area contributed by atoms with Gasteiger partial charge in [-0.1, -0.05) is 117 Å². The van der Waals surface area contributed by atoms with E-state index in [-0.39, 0.29) is 47.9 Å². The van der Waals surface area contributed by atoms with Crippen molar-refractivity contribution in [2.24, 2.45) is 16.7 Å². The van der Waals surface area contributed by atoms with Crippen LogP contribution in [-0.4, -0.2) is 15.9 Å². The molecule has 6 aromatic rings. The minimum absolute atomic E-state index is 0. The Morgan fingerprint density at radius 2 is 1.48 bits per heavy atom. The van der Waals surface area contributed by atoms with Crippen molar-refractivity contribution >= 4 is 38.5 Å². The summed E-state index contributed by atoms with van der Waals surface area (Å²) in [7, 11) is 0. The van der Waals surface area contributed by atoms with Gasteiger partial charge in [-0.05, 0) is 75.0 Å². The summed E-state index contributed by atoms with van der Waals surface area (Å²) in [5.41, 5.74) is 7.52. The molecule has 3 heterocycles. The standard InChI is InChI=1S/C35H34NO2.C15H28O2.Ir/c1-20(2)16-23-12-13-28-30(17-23)37-22(4)31(28)33-21(3)26-14-15-36-32(34(26)38-33)25-18-24-10-8-9-11-27(24)29(19-25)35(5,6)7;1-7-14(5,8-2)12(16)11-13(17)15(6,9-3)10-4;/h8-15,17,19-20H,16H2,1-7H3;11,16H,7-10H2,1-6H3;/q-1;;/b;12-11-;. The fourth-order valence-corrected chi connectivity index (χ4v) is 7.38. The van der Waals surface area contributed by atoms with Crippen LogP contribution in [0.25, 0.3) is 55.3 Å². The van der Waals surface area contributed by atoms with E-state index in [1.807, 2.05) is 60.7 Å². The third kappa shape index (κ3) is 8.93. The van der Waals surface area contributed by atoms with Crippen molar-refractivity contribution in [3.63, 3.8) is 0 Å². The van der Waals surface area contributed by atoms with Crippen LogP contribution >= 0.6 is 0 Å². The van der Waals surface area contributed by atoms with Crippen LogP contribution in [0.2, 0.25) is 0 Å². The number of hydrogen-bond donors (Lipinski definition) is 1. The fourth-order valence-electron chi connectivity index (χ4n) is 7.38. The van der Waals surface area contributed by atoms with Crippen LogP contribution in [0.1, 0.15) is 124 Å². The topological polar surface area (TPSA) is 76.5 Å². The van der Waals surface area contributed by atoms with Crippen LogP contribution in [0.4, 0.5) is 0 Å². The number of fused-ring (bicyclic) bond motifs is 3. The summed E-state index contributed by atoms with van der Waals surface area (Å²) < 4.78 is 13.0. The Morgan fingerprint density at radius 3 is 2.09 bits per heavy atom. The molecule has 3 aromatic heterocycles. The summed E-state index contributed by atoms with van der Waals surface area (Å²) in [5, 5.41) is 14.6. The van der Waals surface area contributed by atoms with Gasteiger partial charge in [-0.2, -0.15) is 0 Å². The van der Waals surface area contributed by atoms with E-state index in [4.69, 9.17) is 13.8 Å². The number of pyridine rings is 1. The van der Waals surface area contributed by atoms with Gasteiger partial charge in [-0.25, -0.2) is 0 Å². The molecule has 0 fully saturated rings. The number of benzene rings is 3. The molecule has 0 saturated heterocycles. The van der Waals surface area contributed by atoms with E-state index in [9.17, 15) is 9.90 Å². The van der Waals surface area contributed by atoms with Crippen molar-refractivity contribution in [2.75, 3.05) is 0 Å². The number of aryl methyl sites for hydroxylation is 2. The Hall–Kier alpha value is -3.99. The van der Waals surface area contributed by atoms with Crippen LogP contribution in [0, 0.1) is 36.7 Å². The molecule has 0 aliphatic rings. The number of aliphatic hydroxyl groups excluding tert-OH is 1. The average Bonchev–Trinajstić information content (AvgIpc) is 3.67. The maximum atomic E-state index is 12.2. The van der Waals surface area contributed by atoms with Gasteiger partial charge in [0.2, 0.25) is 0 Å². The van der Waals surface area contributed by atoms with Crippen LogP contribution in [-0.2, 0) is 36.7 Å². The third-order valence-corrected chi connectivity index (χ3v) is 12.1. The zero-order chi connectivity index (χ0) is 40.5. The molecule has 0 bridgehead atoms. The van der Waals surface area contributed by atoms with Crippen LogP contribution < -0.4 is 0 Å². The van der Waals surface area contributed by atoms with Gasteiger partial charge in [0.25, 0.3) is 0 Å². The molecule has 301 valence electrons. The Kier molecular flexibility index (Phi) is 14.1. The number of nitrogens with zero attached hydrogens (tertiary/aromatic N) is 1. The number of ketones is 1. The molecule has 6 heteroatoms. The molecule has 0 spiro atoms. The molecule has 0 amide bonds. The summed E-state index contributed by atoms with van der Waals surface area (Å²) in [4.78, 5) is 17.0. The van der Waals surface area contributed by atoms with E-state index < -0.39 is 0 Å². The molecule has 6 rings (SSSR count). The van der Waals surface area contributed by atoms with E-state index in [0.29, 0.717) is 5.92 Å². The van der Waals surface area contributed by atoms with Crippen molar-refractivity contribution in [3.05, 3.63) is 101 Å². The van der Waals surface area contributed by atoms with E-state index in [1.54, 1.807) is 0 Å². The van der Waals surface area contributed by atoms with Gasteiger partial charge in [0.1, 0.15) is 28.4 Å². The molecule has 0 saturated carbocycles. The average molecular weight is 933 g/mol. The maximum absolute atomic E-state index is 12.2. The number of aromatic nitrogens is 1. The first kappa shape index (κ1) is 44.7. The number of allylic oxidation sites excluding steroid dienone is 2. The van der Waals surface area contributed by atoms with E-state index in [2.05, 4.69) is 96.1 Å². The number of furan rings is 2. The van der Waals surface area contributed by atoms with Gasteiger partial charge in [0.05, 0.1) is 5.56 Å². The largest absolute Gasteiger partial charge is 0.512 e. The minimum atomic E-state index is -0.337. The molecule has 3 aromatic carbocycles. The number of carbonyl (C=O) groups is 1. The summed E-state index contributed by atoms with van der Waals surface area (Å²) in [6, 6.07) is 22.9. The fraction of sp³-hybridized carbons (Fsp3) is 0.440. The quantitative estimate of drug-likeness (QED) is 0.0796. The molecule has 5 nitrogen and oxygen atoms in total. The van der Waals surface area contributed by atoms with E-state index in [0.717, 1.165) is 93.3 Å². The van der Waals surface area contributed by atoms with E-state index in [1.165, 1.54) is 22.6 Å². The Morgan fingerprint density at radius 1 is 0.839 bits per heavy atom. The van der Waals surface area contributed by atoms with Gasteiger partial charge in [0, 0.05) is 65.2 Å². The summed E-state index contributed by atoms with van der Waals surface area (Å²) in [6.07, 6.45) is 7.66. The molecular weight excluding hydrogens is 871 g/mol. The molecule has 0 aliphatic heterocycles. The van der Waals surface area contributed by atoms with Crippen molar-refractivity contribution in [3.8, 4) is 22.6 Å². The van der Waals surface area contributed by atoms with Gasteiger partial charge < -0.3 is 13.9 Å². The predicted molar refractivity (Wildman–Crippen MR) is 231 cm³/mol. The van der Waals surface area contributed by atoms with E-state index >= 15 is 0 Å². The number of carbonyl (C=O) groups excluding carboxylic acids is 1. The molecule has 56 heavy (non-hydrogen) atoms. The van der Waals surface area contributed by atoms with Crippen molar-refractivity contribution in [2.45, 2.75) is 128 Å². The Balaban J connectivity index is 0.000000330. The second kappa shape index (κ2) is 17.7. The second-order valence-electron chi connectivity index (χ2n) is 17.4. The van der Waals surface area contributed by atoms with Gasteiger partial charge in [0.15, 0.2) is 5.78 Å². The zero-order valence-corrected chi connectivity index (χ0v) is 38.3. The van der Waals surface area contributed by atoms with Gasteiger partial charge in [-0.3, -0.25) is 9.78 Å². The molecule has 0 aliphatic carbocycles. The first-order valence-electron chi connectivity index (χ1n) is 20.2. The molecule has 0 atom stereocenters. The first-order valence-corrected chi connectivity index (χ1v) is 20.2. The van der Waals surface area contributed by atoms with Crippen LogP contribution in [0.3, 0.4) is 0 Å². The van der Waals surface area contributed by atoms with Gasteiger partial charge >= 0.3 is 0 Å². The Bertz CT molecular complexity index is 2340. The van der Waals surface area contributed by atoms with Gasteiger partial charge in [-0.15, -0.1) is 29.1 Å². The van der Waals surface area contributed by atoms with Crippen molar-refractivity contribution in [1.82, 2.24) is 4.98 Å². The third-order valence-electron chi connectivity index (χ3n) is 12.1. The first-order chi connectivity index (χ1) is 25.9. The molecule has 0 unspecified atom stereocenters. The maximum Gasteiger partial charge on any atom is 0.164 e. The summed E-state index contributed by atoms with van der Waals surface area (Å²) in [5.74, 6) is 2.59. The molecule has 1 N–H and O–H groups in total. The SMILES string of the molecule is CCC(C)(CC)C(=O)/C=C(\O)C(C)(CC)CC.Cc1oc2cc(CC(C)C)ccc2c1-c1oc2c(-c3[c-]c4ccccc4c(C(C)(C)C)c3)nccc2c1C.[Ir]. The monoisotopic (exact) mass is 933 g/mol. The van der Waals surface area contributed by atoms with Crippen molar-refractivity contribution in [1.29, 1.82) is 0 Å².